The van der Waals surface area contributed by atoms with Crippen molar-refractivity contribution in [3.05, 3.63) is 23.8 Å². The molecule has 0 bridgehead atoms. The zero-order valence-corrected chi connectivity index (χ0v) is 12.8. The van der Waals surface area contributed by atoms with Crippen molar-refractivity contribution in [3.63, 3.8) is 0 Å². The first kappa shape index (κ1) is 14.6. The molecule has 0 radical (unpaired) electrons. The van der Waals surface area contributed by atoms with Crippen LogP contribution in [0.2, 0.25) is 0 Å². The van der Waals surface area contributed by atoms with Gasteiger partial charge in [0.1, 0.15) is 0 Å². The van der Waals surface area contributed by atoms with Gasteiger partial charge in [-0.1, -0.05) is 30.5 Å². The van der Waals surface area contributed by atoms with E-state index in [-0.39, 0.29) is 5.84 Å². The molecule has 0 saturated heterocycles. The van der Waals surface area contributed by atoms with Crippen molar-refractivity contribution in [2.45, 2.75) is 47.1 Å². The van der Waals surface area contributed by atoms with Crippen molar-refractivity contribution in [2.75, 3.05) is 6.26 Å². The van der Waals surface area contributed by atoms with Gasteiger partial charge in [0.25, 0.3) is 0 Å². The summed E-state index contributed by atoms with van der Waals surface area (Å²) in [6, 6.07) is 6.14. The van der Waals surface area contributed by atoms with E-state index in [2.05, 4.69) is 11.2 Å². The maximum absolute atomic E-state index is 8.98. The van der Waals surface area contributed by atoms with Gasteiger partial charge in [0.15, 0.2) is 5.84 Å². The maximum atomic E-state index is 8.98. The smallest absolute Gasteiger partial charge is 0.172 e. The van der Waals surface area contributed by atoms with Gasteiger partial charge in [0.2, 0.25) is 0 Å². The van der Waals surface area contributed by atoms with Gasteiger partial charge in [-0.15, -0.1) is 23.5 Å². The van der Waals surface area contributed by atoms with Gasteiger partial charge < -0.3 is 10.9 Å². The maximum Gasteiger partial charge on any atom is 0.172 e. The van der Waals surface area contributed by atoms with Crippen LogP contribution >= 0.6 is 23.5 Å². The number of nitrogens with two attached hydrogens (primary N) is 1. The van der Waals surface area contributed by atoms with Crippen molar-refractivity contribution in [1.29, 1.82) is 0 Å². The van der Waals surface area contributed by atoms with Crippen molar-refractivity contribution in [3.8, 4) is 0 Å². The van der Waals surface area contributed by atoms with E-state index < -0.39 is 0 Å². The summed E-state index contributed by atoms with van der Waals surface area (Å²) in [7, 11) is 0. The average molecular weight is 296 g/mol. The van der Waals surface area contributed by atoms with Gasteiger partial charge in [-0.25, -0.2) is 0 Å². The molecule has 2 rings (SSSR count). The van der Waals surface area contributed by atoms with Crippen LogP contribution in [0, 0.1) is 0 Å². The molecule has 1 aromatic carbocycles. The molecule has 0 aromatic heterocycles. The van der Waals surface area contributed by atoms with Crippen LogP contribution in [0.4, 0.5) is 0 Å². The Hall–Kier alpha value is -0.810. The molecule has 1 aliphatic rings. The van der Waals surface area contributed by atoms with Crippen LogP contribution in [-0.2, 0) is 0 Å². The SMILES string of the molecule is CSc1cccc(SC2CCCCC2)c1/C(N)=N/O. The summed E-state index contributed by atoms with van der Waals surface area (Å²) in [5, 5.41) is 12.8. The Bertz CT molecular complexity index is 457. The van der Waals surface area contributed by atoms with E-state index >= 15 is 0 Å². The summed E-state index contributed by atoms with van der Waals surface area (Å²) >= 11 is 3.51. The molecule has 5 heteroatoms. The second-order valence-electron chi connectivity index (χ2n) is 4.70. The van der Waals surface area contributed by atoms with Crippen LogP contribution in [-0.4, -0.2) is 22.5 Å². The molecule has 1 saturated carbocycles. The number of oxime groups is 1. The Morgan fingerprint density at radius 1 is 1.26 bits per heavy atom. The molecular formula is C14H20N2OS2. The first-order chi connectivity index (χ1) is 9.26. The lowest BCUT2D eigenvalue weighted by molar-refractivity contribution is 0.318. The summed E-state index contributed by atoms with van der Waals surface area (Å²) < 4.78 is 0. The first-order valence-corrected chi connectivity index (χ1v) is 8.68. The van der Waals surface area contributed by atoms with Gasteiger partial charge >= 0.3 is 0 Å². The molecule has 0 aliphatic heterocycles. The number of rotatable bonds is 4. The van der Waals surface area contributed by atoms with Gasteiger partial charge in [-0.05, 0) is 31.2 Å². The van der Waals surface area contributed by atoms with Gasteiger partial charge in [-0.2, -0.15) is 0 Å². The minimum absolute atomic E-state index is 0.211. The van der Waals surface area contributed by atoms with Crippen LogP contribution in [0.1, 0.15) is 37.7 Å². The predicted octanol–water partition coefficient (Wildman–Crippen LogP) is 3.93. The highest BCUT2D eigenvalue weighted by Gasteiger charge is 2.19. The predicted molar refractivity (Wildman–Crippen MR) is 83.5 cm³/mol. The number of thioether (sulfide) groups is 2. The summed E-state index contributed by atoms with van der Waals surface area (Å²) in [4.78, 5) is 2.20. The lowest BCUT2D eigenvalue weighted by Gasteiger charge is -2.22. The van der Waals surface area contributed by atoms with Crippen molar-refractivity contribution < 1.29 is 5.21 Å². The van der Waals surface area contributed by atoms with Crippen LogP contribution in [0.3, 0.4) is 0 Å². The third-order valence-corrected chi connectivity index (χ3v) is 5.60. The average Bonchev–Trinajstić information content (AvgIpc) is 2.47. The van der Waals surface area contributed by atoms with E-state index in [1.165, 1.54) is 32.1 Å². The number of benzene rings is 1. The summed E-state index contributed by atoms with van der Waals surface area (Å²) in [5.41, 5.74) is 6.73. The second kappa shape index (κ2) is 7.10. The van der Waals surface area contributed by atoms with Gasteiger partial charge in [-0.3, -0.25) is 0 Å². The van der Waals surface area contributed by atoms with E-state index in [1.807, 2.05) is 30.2 Å². The fourth-order valence-electron chi connectivity index (χ4n) is 2.44. The summed E-state index contributed by atoms with van der Waals surface area (Å²) in [6.07, 6.45) is 8.54. The Balaban J connectivity index is 2.27. The summed E-state index contributed by atoms with van der Waals surface area (Å²) in [5.74, 6) is 0.211. The zero-order chi connectivity index (χ0) is 13.7. The van der Waals surface area contributed by atoms with Crippen molar-refractivity contribution in [1.82, 2.24) is 0 Å². The lowest BCUT2D eigenvalue weighted by atomic mass is 10.0. The largest absolute Gasteiger partial charge is 0.409 e. The second-order valence-corrected chi connectivity index (χ2v) is 6.89. The van der Waals surface area contributed by atoms with Crippen LogP contribution in [0.15, 0.2) is 33.1 Å². The molecule has 0 unspecified atom stereocenters. The van der Waals surface area contributed by atoms with E-state index in [1.54, 1.807) is 11.8 Å². The standard InChI is InChI=1S/C14H20N2OS2/c1-18-11-8-5-9-12(13(11)14(15)16-17)19-10-6-3-2-4-7-10/h5,8-10,17H,2-4,6-7H2,1H3,(H2,15,16). The Morgan fingerprint density at radius 2 is 1.95 bits per heavy atom. The fraction of sp³-hybridized carbons (Fsp3) is 0.500. The molecule has 104 valence electrons. The number of hydrogen-bond acceptors (Lipinski definition) is 4. The van der Waals surface area contributed by atoms with Gasteiger partial charge in [0, 0.05) is 20.6 Å². The lowest BCUT2D eigenvalue weighted by Crippen LogP contribution is -2.17. The molecule has 1 aliphatic carbocycles. The molecule has 0 spiro atoms. The highest BCUT2D eigenvalue weighted by Crippen LogP contribution is 2.37. The first-order valence-electron chi connectivity index (χ1n) is 6.57. The Labute approximate surface area is 123 Å². The Morgan fingerprint density at radius 3 is 2.58 bits per heavy atom. The summed E-state index contributed by atoms with van der Waals surface area (Å²) in [6.45, 7) is 0. The van der Waals surface area contributed by atoms with Gasteiger partial charge in [0.05, 0.1) is 0 Å². The molecule has 1 aromatic rings. The fourth-order valence-corrected chi connectivity index (χ4v) is 4.56. The highest BCUT2D eigenvalue weighted by molar-refractivity contribution is 8.00. The molecule has 3 N–H and O–H groups in total. The topological polar surface area (TPSA) is 58.6 Å². The molecule has 3 nitrogen and oxygen atoms in total. The monoisotopic (exact) mass is 296 g/mol. The normalized spacial score (nSPS) is 17.6. The molecular weight excluding hydrogens is 276 g/mol. The molecule has 0 atom stereocenters. The molecule has 0 heterocycles. The van der Waals surface area contributed by atoms with E-state index in [9.17, 15) is 0 Å². The van der Waals surface area contributed by atoms with Crippen molar-refractivity contribution in [2.24, 2.45) is 10.9 Å². The third-order valence-electron chi connectivity index (χ3n) is 3.42. The number of amidine groups is 1. The highest BCUT2D eigenvalue weighted by atomic mass is 32.2. The van der Waals surface area contributed by atoms with E-state index in [0.717, 1.165) is 15.4 Å². The van der Waals surface area contributed by atoms with E-state index in [4.69, 9.17) is 10.9 Å². The van der Waals surface area contributed by atoms with E-state index in [0.29, 0.717) is 5.25 Å². The van der Waals surface area contributed by atoms with Crippen LogP contribution in [0.5, 0.6) is 0 Å². The minimum atomic E-state index is 0.211. The Kier molecular flexibility index (Phi) is 5.45. The molecule has 0 amide bonds. The third kappa shape index (κ3) is 3.60. The molecule has 1 fully saturated rings. The zero-order valence-electron chi connectivity index (χ0n) is 11.1. The van der Waals surface area contributed by atoms with Crippen LogP contribution in [0.25, 0.3) is 0 Å². The van der Waals surface area contributed by atoms with Crippen molar-refractivity contribution >= 4 is 29.4 Å². The minimum Gasteiger partial charge on any atom is -0.409 e. The quantitative estimate of drug-likeness (QED) is 0.291. The number of hydrogen-bond donors (Lipinski definition) is 2. The van der Waals surface area contributed by atoms with Crippen LogP contribution < -0.4 is 5.73 Å². The number of nitrogens with zero attached hydrogens (tertiary/aromatic N) is 1. The molecule has 19 heavy (non-hydrogen) atoms.